The molecule has 92 valence electrons. The molecule has 0 bridgehead atoms. The summed E-state index contributed by atoms with van der Waals surface area (Å²) >= 11 is 0. The number of rotatable bonds is 4. The van der Waals surface area contributed by atoms with E-state index in [2.05, 4.69) is 5.32 Å². The van der Waals surface area contributed by atoms with Crippen molar-refractivity contribution >= 4 is 5.91 Å². The lowest BCUT2D eigenvalue weighted by atomic mass is 10.1. The molecule has 0 heterocycles. The number of hydrogen-bond donors (Lipinski definition) is 2. The highest BCUT2D eigenvalue weighted by atomic mass is 19.1. The van der Waals surface area contributed by atoms with Crippen molar-refractivity contribution in [3.05, 3.63) is 35.4 Å². The molecular weight excluding hydrogens is 228 g/mol. The summed E-state index contributed by atoms with van der Waals surface area (Å²) in [5, 5.41) is 11.6. The van der Waals surface area contributed by atoms with E-state index in [9.17, 15) is 13.6 Å². The molecule has 1 aliphatic carbocycles. The number of nitrogens with one attached hydrogen (secondary N) is 1. The predicted octanol–water partition coefficient (Wildman–Crippen LogP) is 1.15. The van der Waals surface area contributed by atoms with Gasteiger partial charge in [0.25, 0.3) is 0 Å². The first-order valence-corrected chi connectivity index (χ1v) is 5.41. The molecule has 1 aromatic rings. The van der Waals surface area contributed by atoms with Gasteiger partial charge in [-0.15, -0.1) is 0 Å². The number of aliphatic hydroxyl groups is 1. The van der Waals surface area contributed by atoms with Crippen LogP contribution < -0.4 is 5.32 Å². The number of carbonyl (C=O) groups is 1. The van der Waals surface area contributed by atoms with Gasteiger partial charge in [0.05, 0.1) is 18.6 Å². The molecule has 0 saturated heterocycles. The van der Waals surface area contributed by atoms with Crippen molar-refractivity contribution in [1.82, 2.24) is 5.32 Å². The minimum atomic E-state index is -0.728. The fraction of sp³-hybridized carbons (Fsp3) is 0.417. The van der Waals surface area contributed by atoms with Crippen molar-refractivity contribution in [2.45, 2.75) is 24.8 Å². The molecule has 2 rings (SSSR count). The van der Waals surface area contributed by atoms with Gasteiger partial charge in [-0.05, 0) is 25.0 Å². The van der Waals surface area contributed by atoms with Gasteiger partial charge in [-0.3, -0.25) is 4.79 Å². The molecule has 2 N–H and O–H groups in total. The third-order valence-corrected chi connectivity index (χ3v) is 2.96. The van der Waals surface area contributed by atoms with Crippen molar-refractivity contribution in [2.75, 3.05) is 6.61 Å². The maximum absolute atomic E-state index is 13.3. The first kappa shape index (κ1) is 12.0. The Bertz CT molecular complexity index is 424. The van der Waals surface area contributed by atoms with E-state index >= 15 is 0 Å². The van der Waals surface area contributed by atoms with Gasteiger partial charge in [0, 0.05) is 5.56 Å². The van der Waals surface area contributed by atoms with Crippen molar-refractivity contribution in [2.24, 2.45) is 0 Å². The van der Waals surface area contributed by atoms with Crippen LogP contribution in [0, 0.1) is 11.6 Å². The molecule has 1 fully saturated rings. The number of halogens is 2. The smallest absolute Gasteiger partial charge is 0.225 e. The zero-order valence-corrected chi connectivity index (χ0v) is 9.17. The van der Waals surface area contributed by atoms with Crippen LogP contribution in [0.15, 0.2) is 18.2 Å². The standard InChI is InChI=1S/C12H13F2NO2/c13-9-2-1-3-10(14)8(9)6-11(17)15-12(7-16)4-5-12/h1-3,16H,4-7H2,(H,15,17). The van der Waals surface area contributed by atoms with Crippen LogP contribution in [0.1, 0.15) is 18.4 Å². The van der Waals surface area contributed by atoms with Crippen molar-refractivity contribution in [1.29, 1.82) is 0 Å². The molecule has 0 aromatic heterocycles. The molecule has 1 aromatic carbocycles. The second-order valence-corrected chi connectivity index (χ2v) is 4.36. The van der Waals surface area contributed by atoms with Gasteiger partial charge in [-0.25, -0.2) is 8.78 Å². The van der Waals surface area contributed by atoms with Gasteiger partial charge in [-0.2, -0.15) is 0 Å². The minimum absolute atomic E-state index is 0.140. The molecule has 1 amide bonds. The molecule has 0 spiro atoms. The average molecular weight is 241 g/mol. The molecule has 0 aliphatic heterocycles. The first-order valence-electron chi connectivity index (χ1n) is 5.41. The SMILES string of the molecule is O=C(Cc1c(F)cccc1F)NC1(CO)CC1. The van der Waals surface area contributed by atoms with E-state index in [1.807, 2.05) is 0 Å². The highest BCUT2D eigenvalue weighted by Gasteiger charge is 2.43. The summed E-state index contributed by atoms with van der Waals surface area (Å²) in [6, 6.07) is 3.48. The predicted molar refractivity (Wildman–Crippen MR) is 57.3 cm³/mol. The van der Waals surface area contributed by atoms with Gasteiger partial charge in [0.1, 0.15) is 11.6 Å². The Morgan fingerprint density at radius 1 is 1.35 bits per heavy atom. The van der Waals surface area contributed by atoms with Crippen molar-refractivity contribution < 1.29 is 18.7 Å². The van der Waals surface area contributed by atoms with Crippen molar-refractivity contribution in [3.63, 3.8) is 0 Å². The van der Waals surface area contributed by atoms with E-state index in [0.717, 1.165) is 12.1 Å². The van der Waals surface area contributed by atoms with Gasteiger partial charge < -0.3 is 10.4 Å². The lowest BCUT2D eigenvalue weighted by Crippen LogP contribution is -2.40. The Morgan fingerprint density at radius 2 is 1.94 bits per heavy atom. The molecule has 0 unspecified atom stereocenters. The summed E-state index contributed by atoms with van der Waals surface area (Å²) in [6.07, 6.45) is 1.06. The van der Waals surface area contributed by atoms with Gasteiger partial charge in [-0.1, -0.05) is 6.07 Å². The third-order valence-electron chi connectivity index (χ3n) is 2.96. The Labute approximate surface area is 97.5 Å². The lowest BCUT2D eigenvalue weighted by Gasteiger charge is -2.14. The zero-order valence-electron chi connectivity index (χ0n) is 9.17. The quantitative estimate of drug-likeness (QED) is 0.830. The molecule has 1 saturated carbocycles. The second kappa shape index (κ2) is 4.41. The molecule has 0 atom stereocenters. The van der Waals surface area contributed by atoms with E-state index in [1.54, 1.807) is 0 Å². The summed E-state index contributed by atoms with van der Waals surface area (Å²) < 4.78 is 26.5. The first-order chi connectivity index (χ1) is 8.06. The Kier molecular flexibility index (Phi) is 3.11. The van der Waals surface area contributed by atoms with Crippen LogP contribution in [0.3, 0.4) is 0 Å². The number of carbonyl (C=O) groups excluding carboxylic acids is 1. The largest absolute Gasteiger partial charge is 0.394 e. The molecule has 3 nitrogen and oxygen atoms in total. The highest BCUT2D eigenvalue weighted by molar-refractivity contribution is 5.79. The fourth-order valence-electron chi connectivity index (χ4n) is 1.68. The number of benzene rings is 1. The van der Waals surface area contributed by atoms with Gasteiger partial charge in [0.2, 0.25) is 5.91 Å². The monoisotopic (exact) mass is 241 g/mol. The maximum atomic E-state index is 13.3. The summed E-state index contributed by atoms with van der Waals surface area (Å²) in [4.78, 5) is 11.6. The topological polar surface area (TPSA) is 49.3 Å². The third kappa shape index (κ3) is 2.61. The molecular formula is C12H13F2NO2. The van der Waals surface area contributed by atoms with Crippen LogP contribution in [0.5, 0.6) is 0 Å². The normalized spacial score (nSPS) is 16.6. The summed E-state index contributed by atoms with van der Waals surface area (Å²) in [5.41, 5.74) is -0.794. The Morgan fingerprint density at radius 3 is 2.41 bits per heavy atom. The van der Waals surface area contributed by atoms with Gasteiger partial charge >= 0.3 is 0 Å². The lowest BCUT2D eigenvalue weighted by molar-refractivity contribution is -0.121. The number of hydrogen-bond acceptors (Lipinski definition) is 2. The molecule has 1 aliphatic rings. The van der Waals surface area contributed by atoms with Crippen LogP contribution in [-0.4, -0.2) is 23.2 Å². The summed E-state index contributed by atoms with van der Waals surface area (Å²) in [7, 11) is 0. The van der Waals surface area contributed by atoms with Crippen LogP contribution in [-0.2, 0) is 11.2 Å². The summed E-state index contributed by atoms with van der Waals surface area (Å²) in [5.74, 6) is -1.93. The Hall–Kier alpha value is -1.49. The average Bonchev–Trinajstić information content (AvgIpc) is 3.04. The highest BCUT2D eigenvalue weighted by Crippen LogP contribution is 2.34. The maximum Gasteiger partial charge on any atom is 0.225 e. The number of aliphatic hydroxyl groups excluding tert-OH is 1. The van der Waals surface area contributed by atoms with E-state index in [1.165, 1.54) is 6.07 Å². The fourth-order valence-corrected chi connectivity index (χ4v) is 1.68. The van der Waals surface area contributed by atoms with Crippen LogP contribution in [0.25, 0.3) is 0 Å². The van der Waals surface area contributed by atoms with E-state index < -0.39 is 23.1 Å². The minimum Gasteiger partial charge on any atom is -0.394 e. The molecule has 5 heteroatoms. The van der Waals surface area contributed by atoms with Gasteiger partial charge in [0.15, 0.2) is 0 Å². The van der Waals surface area contributed by atoms with Crippen LogP contribution >= 0.6 is 0 Å². The van der Waals surface area contributed by atoms with Crippen LogP contribution in [0.2, 0.25) is 0 Å². The second-order valence-electron chi connectivity index (χ2n) is 4.36. The van der Waals surface area contributed by atoms with E-state index in [-0.39, 0.29) is 18.6 Å². The Balaban J connectivity index is 2.03. The van der Waals surface area contributed by atoms with Crippen LogP contribution in [0.4, 0.5) is 8.78 Å². The molecule has 17 heavy (non-hydrogen) atoms. The summed E-state index contributed by atoms with van der Waals surface area (Å²) in [6.45, 7) is -0.140. The van der Waals surface area contributed by atoms with E-state index in [0.29, 0.717) is 12.8 Å². The molecule has 0 radical (unpaired) electrons. The van der Waals surface area contributed by atoms with E-state index in [4.69, 9.17) is 5.11 Å². The zero-order chi connectivity index (χ0) is 12.5. The van der Waals surface area contributed by atoms with Crippen molar-refractivity contribution in [3.8, 4) is 0 Å². The number of amides is 1.